The number of aliphatic hydroxyl groups excluding tert-OH is 2. The third-order valence-corrected chi connectivity index (χ3v) is 5.19. The molecule has 0 aromatic rings. The lowest BCUT2D eigenvalue weighted by Crippen LogP contribution is -2.64. The van der Waals surface area contributed by atoms with Crippen LogP contribution in [0.1, 0.15) is 40.5 Å². The normalized spacial score (nSPS) is 20.9. The lowest BCUT2D eigenvalue weighted by molar-refractivity contribution is -0.253. The highest BCUT2D eigenvalue weighted by atomic mass is 16.5. The molecule has 2 atom stereocenters. The van der Waals surface area contributed by atoms with Gasteiger partial charge < -0.3 is 24.9 Å². The number of hydroxylamine groups is 2. The molecule has 3 N–H and O–H groups in total. The molecular formula is C21H36N2O7. The third kappa shape index (κ3) is 7.81. The number of aliphatic hydroxyl groups is 2. The molecule has 0 aromatic heterocycles. The van der Waals surface area contributed by atoms with E-state index < -0.39 is 35.2 Å². The molecule has 0 radical (unpaired) electrons. The van der Waals surface area contributed by atoms with Crippen molar-refractivity contribution in [1.29, 1.82) is 0 Å². The van der Waals surface area contributed by atoms with Crippen LogP contribution in [0.4, 0.5) is 0 Å². The molecule has 172 valence electrons. The molecule has 30 heavy (non-hydrogen) atoms. The minimum Gasteiger partial charge on any atom is -0.460 e. The van der Waals surface area contributed by atoms with Gasteiger partial charge in [0.05, 0.1) is 0 Å². The summed E-state index contributed by atoms with van der Waals surface area (Å²) in [4.78, 5) is 24.4. The molecule has 0 saturated carbocycles. The lowest BCUT2D eigenvalue weighted by atomic mass is 9.78. The zero-order valence-electron chi connectivity index (χ0n) is 18.4. The van der Waals surface area contributed by atoms with Crippen molar-refractivity contribution in [2.24, 2.45) is 0 Å². The number of carbonyl (C=O) groups is 2. The molecule has 0 amide bonds. The Labute approximate surface area is 178 Å². The molecule has 1 heterocycles. The van der Waals surface area contributed by atoms with Crippen LogP contribution in [0.25, 0.3) is 0 Å². The number of carbonyl (C=O) groups excluding carboxylic acids is 2. The van der Waals surface area contributed by atoms with E-state index in [1.165, 1.54) is 5.06 Å². The van der Waals surface area contributed by atoms with Gasteiger partial charge in [0.15, 0.2) is 0 Å². The van der Waals surface area contributed by atoms with Gasteiger partial charge in [-0.15, -0.1) is 0 Å². The average Bonchev–Trinajstić information content (AvgIpc) is 2.67. The highest BCUT2D eigenvalue weighted by Gasteiger charge is 2.46. The van der Waals surface area contributed by atoms with E-state index in [9.17, 15) is 25.0 Å². The first-order valence-corrected chi connectivity index (χ1v) is 10.00. The van der Waals surface area contributed by atoms with Crippen LogP contribution in [0.15, 0.2) is 25.3 Å². The van der Waals surface area contributed by atoms with Gasteiger partial charge in [0.25, 0.3) is 0 Å². The van der Waals surface area contributed by atoms with Crippen molar-refractivity contribution in [3.63, 3.8) is 0 Å². The van der Waals surface area contributed by atoms with Gasteiger partial charge in [-0.1, -0.05) is 13.2 Å². The molecular weight excluding hydrogens is 392 g/mol. The minimum absolute atomic E-state index is 0.0899. The van der Waals surface area contributed by atoms with E-state index >= 15 is 0 Å². The van der Waals surface area contributed by atoms with E-state index in [1.54, 1.807) is 0 Å². The number of rotatable bonds is 11. The molecule has 0 aliphatic carbocycles. The first kappa shape index (κ1) is 26.3. The van der Waals surface area contributed by atoms with Crippen molar-refractivity contribution in [2.75, 3.05) is 26.3 Å². The maximum absolute atomic E-state index is 11.3. The summed E-state index contributed by atoms with van der Waals surface area (Å²) in [5, 5.41) is 32.7. The highest BCUT2D eigenvalue weighted by Crippen LogP contribution is 2.38. The topological polar surface area (TPSA) is 120 Å². The summed E-state index contributed by atoms with van der Waals surface area (Å²) in [6.07, 6.45) is 1.20. The molecule has 1 saturated heterocycles. The first-order chi connectivity index (χ1) is 13.8. The zero-order valence-corrected chi connectivity index (χ0v) is 18.4. The summed E-state index contributed by atoms with van der Waals surface area (Å²) in [6, 6.07) is -0.0899. The Hall–Kier alpha value is -1.78. The van der Waals surface area contributed by atoms with Gasteiger partial charge in [0, 0.05) is 42.4 Å². The van der Waals surface area contributed by atoms with Crippen LogP contribution < -0.4 is 0 Å². The Kier molecular flexibility index (Phi) is 9.64. The van der Waals surface area contributed by atoms with Crippen LogP contribution >= 0.6 is 0 Å². The Bertz CT molecular complexity index is 570. The molecule has 1 rings (SSSR count). The van der Waals surface area contributed by atoms with Crippen LogP contribution in [0, 0.1) is 0 Å². The van der Waals surface area contributed by atoms with Crippen molar-refractivity contribution in [1.82, 2.24) is 9.96 Å². The molecule has 1 fully saturated rings. The van der Waals surface area contributed by atoms with Crippen LogP contribution in [0.3, 0.4) is 0 Å². The van der Waals surface area contributed by atoms with Gasteiger partial charge in [-0.3, -0.25) is 4.90 Å². The van der Waals surface area contributed by atoms with Crippen LogP contribution in [0.2, 0.25) is 0 Å². The fraction of sp³-hybridized carbons (Fsp3) is 0.714. The maximum Gasteiger partial charge on any atom is 0.330 e. The summed E-state index contributed by atoms with van der Waals surface area (Å²) in [6.45, 7) is 14.1. The predicted molar refractivity (Wildman–Crippen MR) is 111 cm³/mol. The number of piperidine rings is 1. The van der Waals surface area contributed by atoms with Crippen LogP contribution in [-0.4, -0.2) is 93.0 Å². The molecule has 0 spiro atoms. The number of ether oxygens (including phenoxy) is 2. The van der Waals surface area contributed by atoms with Crippen LogP contribution in [0.5, 0.6) is 0 Å². The summed E-state index contributed by atoms with van der Waals surface area (Å²) in [5.74, 6) is -1.26. The number of hydrogen-bond donors (Lipinski definition) is 3. The van der Waals surface area contributed by atoms with Crippen LogP contribution in [-0.2, 0) is 19.1 Å². The van der Waals surface area contributed by atoms with Gasteiger partial charge >= 0.3 is 11.9 Å². The molecule has 1 aliphatic heterocycles. The van der Waals surface area contributed by atoms with E-state index in [0.717, 1.165) is 12.2 Å². The quantitative estimate of drug-likeness (QED) is 0.325. The Morgan fingerprint density at radius 1 is 1.00 bits per heavy atom. The van der Waals surface area contributed by atoms with Gasteiger partial charge in [-0.05, 0) is 40.5 Å². The number of nitrogens with zero attached hydrogens (tertiary/aromatic N) is 2. The molecule has 2 unspecified atom stereocenters. The van der Waals surface area contributed by atoms with Crippen molar-refractivity contribution >= 4 is 11.9 Å². The Morgan fingerprint density at radius 3 is 1.70 bits per heavy atom. The highest BCUT2D eigenvalue weighted by molar-refractivity contribution is 5.81. The fourth-order valence-electron chi connectivity index (χ4n) is 3.97. The number of hydrogen-bond acceptors (Lipinski definition) is 9. The molecule has 9 heteroatoms. The summed E-state index contributed by atoms with van der Waals surface area (Å²) in [5.41, 5.74) is -1.07. The van der Waals surface area contributed by atoms with E-state index in [1.807, 2.05) is 32.6 Å². The molecule has 1 aliphatic rings. The van der Waals surface area contributed by atoms with Crippen molar-refractivity contribution in [2.45, 2.75) is 69.9 Å². The maximum atomic E-state index is 11.3. The minimum atomic E-state index is -0.991. The van der Waals surface area contributed by atoms with Crippen molar-refractivity contribution < 1.29 is 34.5 Å². The molecule has 0 bridgehead atoms. The lowest BCUT2D eigenvalue weighted by Gasteiger charge is -2.54. The van der Waals surface area contributed by atoms with E-state index in [0.29, 0.717) is 12.8 Å². The van der Waals surface area contributed by atoms with Gasteiger partial charge in [-0.2, -0.15) is 5.06 Å². The predicted octanol–water partition coefficient (Wildman–Crippen LogP) is 0.879. The van der Waals surface area contributed by atoms with Gasteiger partial charge in [0.1, 0.15) is 25.4 Å². The summed E-state index contributed by atoms with van der Waals surface area (Å²) in [7, 11) is 0. The van der Waals surface area contributed by atoms with Gasteiger partial charge in [0.2, 0.25) is 0 Å². The zero-order chi connectivity index (χ0) is 23.1. The second kappa shape index (κ2) is 11.0. The Morgan fingerprint density at radius 2 is 1.37 bits per heavy atom. The summed E-state index contributed by atoms with van der Waals surface area (Å²) < 4.78 is 9.83. The standard InChI is InChI=1S/C21H36N2O7/c1-7-18(26)29-13-16(24)11-22(12-17(25)14-30-19(27)8-2)15-9-20(3,4)23(28)21(5,6)10-15/h7-8,15-17,24-25,28H,1-2,9-14H2,3-6H3. The van der Waals surface area contributed by atoms with Crippen molar-refractivity contribution in [3.05, 3.63) is 25.3 Å². The van der Waals surface area contributed by atoms with E-state index in [4.69, 9.17) is 9.47 Å². The Balaban J connectivity index is 2.92. The largest absolute Gasteiger partial charge is 0.460 e. The smallest absolute Gasteiger partial charge is 0.330 e. The number of esters is 2. The van der Waals surface area contributed by atoms with E-state index in [2.05, 4.69) is 13.2 Å². The summed E-state index contributed by atoms with van der Waals surface area (Å²) >= 11 is 0. The SMILES string of the molecule is C=CC(=O)OCC(O)CN(CC(O)COC(=O)C=C)C1CC(C)(C)N(O)C(C)(C)C1. The van der Waals surface area contributed by atoms with Crippen molar-refractivity contribution in [3.8, 4) is 0 Å². The second-order valence-electron chi connectivity index (χ2n) is 8.93. The third-order valence-electron chi connectivity index (χ3n) is 5.19. The van der Waals surface area contributed by atoms with Gasteiger partial charge in [-0.25, -0.2) is 9.59 Å². The molecule has 9 nitrogen and oxygen atoms in total. The first-order valence-electron chi connectivity index (χ1n) is 10.00. The average molecular weight is 429 g/mol. The fourth-order valence-corrected chi connectivity index (χ4v) is 3.97. The molecule has 0 aromatic carbocycles. The monoisotopic (exact) mass is 428 g/mol. The second-order valence-corrected chi connectivity index (χ2v) is 8.93. The van der Waals surface area contributed by atoms with E-state index in [-0.39, 0.29) is 32.3 Å².